The molecule has 0 amide bonds. The number of aliphatic hydroxyl groups is 1. The number of ketones is 1. The van der Waals surface area contributed by atoms with Crippen molar-refractivity contribution in [3.8, 4) is 0 Å². The first-order valence-corrected chi connectivity index (χ1v) is 4.46. The summed E-state index contributed by atoms with van der Waals surface area (Å²) >= 11 is 0. The molecule has 0 aromatic carbocycles. The molecule has 0 saturated heterocycles. The molecule has 0 heterocycles. The fraction of sp³-hybridized carbons (Fsp3) is 0.889. The smallest absolute Gasteiger partial charge is 0.136 e. The molecule has 2 saturated carbocycles. The average molecular weight is 154 g/mol. The molecule has 2 rings (SSSR count). The van der Waals surface area contributed by atoms with Gasteiger partial charge >= 0.3 is 0 Å². The van der Waals surface area contributed by atoms with Crippen LogP contribution in [0.25, 0.3) is 0 Å². The van der Waals surface area contributed by atoms with Gasteiger partial charge < -0.3 is 5.11 Å². The van der Waals surface area contributed by atoms with Crippen LogP contribution in [-0.2, 0) is 4.79 Å². The van der Waals surface area contributed by atoms with E-state index in [-0.39, 0.29) is 6.61 Å². The normalized spacial score (nSPS) is 41.9. The van der Waals surface area contributed by atoms with Gasteiger partial charge in [0.15, 0.2) is 0 Å². The number of hydrogen-bond donors (Lipinski definition) is 1. The largest absolute Gasteiger partial charge is 0.396 e. The van der Waals surface area contributed by atoms with Crippen LogP contribution in [-0.4, -0.2) is 17.5 Å². The van der Waals surface area contributed by atoms with E-state index in [1.54, 1.807) is 0 Å². The molecule has 62 valence electrons. The highest BCUT2D eigenvalue weighted by Gasteiger charge is 2.46. The van der Waals surface area contributed by atoms with Gasteiger partial charge in [-0.2, -0.15) is 0 Å². The summed E-state index contributed by atoms with van der Waals surface area (Å²) in [5.74, 6) is 1.94. The van der Waals surface area contributed by atoms with E-state index in [4.69, 9.17) is 5.11 Å². The van der Waals surface area contributed by atoms with E-state index in [9.17, 15) is 4.79 Å². The van der Waals surface area contributed by atoms with Gasteiger partial charge in [0.1, 0.15) is 5.78 Å². The summed E-state index contributed by atoms with van der Waals surface area (Å²) in [4.78, 5) is 11.2. The SMILES string of the molecule is O=C1C[C@H]2CC[C@@H]1[C@H]2CCO. The first-order chi connectivity index (χ1) is 5.33. The zero-order valence-corrected chi connectivity index (χ0v) is 6.62. The molecule has 0 unspecified atom stereocenters. The predicted octanol–water partition coefficient (Wildman–Crippen LogP) is 0.984. The van der Waals surface area contributed by atoms with Gasteiger partial charge in [-0.15, -0.1) is 0 Å². The van der Waals surface area contributed by atoms with Gasteiger partial charge in [0.2, 0.25) is 0 Å². The Labute approximate surface area is 66.6 Å². The van der Waals surface area contributed by atoms with Gasteiger partial charge in [0, 0.05) is 18.9 Å². The predicted molar refractivity (Wildman–Crippen MR) is 41.0 cm³/mol. The highest BCUT2D eigenvalue weighted by atomic mass is 16.3. The minimum Gasteiger partial charge on any atom is -0.396 e. The third kappa shape index (κ3) is 1.00. The Balaban J connectivity index is 2.07. The highest BCUT2D eigenvalue weighted by molar-refractivity contribution is 5.84. The van der Waals surface area contributed by atoms with Crippen molar-refractivity contribution in [2.75, 3.05) is 6.61 Å². The maximum atomic E-state index is 11.2. The van der Waals surface area contributed by atoms with E-state index < -0.39 is 0 Å². The molecule has 2 aliphatic carbocycles. The Morgan fingerprint density at radius 1 is 1.45 bits per heavy atom. The van der Waals surface area contributed by atoms with Crippen molar-refractivity contribution in [3.05, 3.63) is 0 Å². The first kappa shape index (κ1) is 7.29. The van der Waals surface area contributed by atoms with E-state index >= 15 is 0 Å². The molecule has 0 aromatic heterocycles. The lowest BCUT2D eigenvalue weighted by molar-refractivity contribution is -0.122. The van der Waals surface area contributed by atoms with Crippen molar-refractivity contribution < 1.29 is 9.90 Å². The van der Waals surface area contributed by atoms with Crippen molar-refractivity contribution in [1.82, 2.24) is 0 Å². The van der Waals surface area contributed by atoms with Crippen LogP contribution >= 0.6 is 0 Å². The minimum absolute atomic E-state index is 0.255. The molecule has 2 nitrogen and oxygen atoms in total. The maximum Gasteiger partial charge on any atom is 0.136 e. The van der Waals surface area contributed by atoms with Gasteiger partial charge in [-0.05, 0) is 31.1 Å². The third-order valence-electron chi connectivity index (χ3n) is 3.31. The van der Waals surface area contributed by atoms with Crippen LogP contribution in [0.5, 0.6) is 0 Å². The number of aliphatic hydroxyl groups excluding tert-OH is 1. The first-order valence-electron chi connectivity index (χ1n) is 4.46. The van der Waals surface area contributed by atoms with Crippen molar-refractivity contribution in [2.45, 2.75) is 25.7 Å². The molecule has 2 fully saturated rings. The summed E-state index contributed by atoms with van der Waals surface area (Å²) in [6.45, 7) is 0.255. The quantitative estimate of drug-likeness (QED) is 0.644. The van der Waals surface area contributed by atoms with Gasteiger partial charge in [0.25, 0.3) is 0 Å². The summed E-state index contributed by atoms with van der Waals surface area (Å²) in [6.07, 6.45) is 3.96. The van der Waals surface area contributed by atoms with Gasteiger partial charge in [0.05, 0.1) is 0 Å². The molecule has 11 heavy (non-hydrogen) atoms. The lowest BCUT2D eigenvalue weighted by Gasteiger charge is -2.10. The van der Waals surface area contributed by atoms with E-state index in [0.29, 0.717) is 23.5 Å². The Morgan fingerprint density at radius 2 is 2.27 bits per heavy atom. The van der Waals surface area contributed by atoms with Crippen molar-refractivity contribution in [2.24, 2.45) is 17.8 Å². The maximum absolute atomic E-state index is 11.2. The second-order valence-corrected chi connectivity index (χ2v) is 3.79. The van der Waals surface area contributed by atoms with E-state index in [2.05, 4.69) is 0 Å². The van der Waals surface area contributed by atoms with Crippen LogP contribution in [0.3, 0.4) is 0 Å². The molecule has 3 atom stereocenters. The van der Waals surface area contributed by atoms with E-state index in [1.165, 1.54) is 6.42 Å². The monoisotopic (exact) mass is 154 g/mol. The summed E-state index contributed by atoms with van der Waals surface area (Å²) in [6, 6.07) is 0. The van der Waals surface area contributed by atoms with Crippen LogP contribution in [0, 0.1) is 17.8 Å². The number of hydrogen-bond acceptors (Lipinski definition) is 2. The summed E-state index contributed by atoms with van der Waals surface area (Å²) in [5, 5.41) is 8.76. The lowest BCUT2D eigenvalue weighted by Crippen LogP contribution is -2.12. The van der Waals surface area contributed by atoms with Crippen LogP contribution < -0.4 is 0 Å². The lowest BCUT2D eigenvalue weighted by atomic mass is 9.94. The van der Waals surface area contributed by atoms with Crippen LogP contribution in [0.2, 0.25) is 0 Å². The summed E-state index contributed by atoms with van der Waals surface area (Å²) in [7, 11) is 0. The fourth-order valence-corrected chi connectivity index (χ4v) is 2.80. The topological polar surface area (TPSA) is 37.3 Å². The molecule has 0 radical (unpaired) electrons. The second kappa shape index (κ2) is 2.59. The number of rotatable bonds is 2. The second-order valence-electron chi connectivity index (χ2n) is 3.79. The van der Waals surface area contributed by atoms with E-state index in [0.717, 1.165) is 19.3 Å². The molecule has 0 aromatic rings. The standard InChI is InChI=1S/C9H14O2/c10-4-3-7-6-1-2-8(7)9(11)5-6/h6-8,10H,1-5H2/t6-,7+,8-/m1/s1. The zero-order chi connectivity index (χ0) is 7.84. The van der Waals surface area contributed by atoms with Gasteiger partial charge in [-0.1, -0.05) is 0 Å². The highest BCUT2D eigenvalue weighted by Crippen LogP contribution is 2.48. The molecule has 0 aliphatic heterocycles. The Kier molecular flexibility index (Phi) is 1.72. The van der Waals surface area contributed by atoms with E-state index in [1.807, 2.05) is 0 Å². The van der Waals surface area contributed by atoms with Crippen molar-refractivity contribution in [3.63, 3.8) is 0 Å². The molecule has 1 N–H and O–H groups in total. The van der Waals surface area contributed by atoms with Gasteiger partial charge in [-0.25, -0.2) is 0 Å². The molecule has 0 spiro atoms. The number of fused-ring (bicyclic) bond motifs is 2. The summed E-state index contributed by atoms with van der Waals surface area (Å²) < 4.78 is 0. The van der Waals surface area contributed by atoms with Crippen molar-refractivity contribution in [1.29, 1.82) is 0 Å². The number of carbonyl (C=O) groups excluding carboxylic acids is 1. The molecular formula is C9H14O2. The van der Waals surface area contributed by atoms with Crippen LogP contribution in [0.15, 0.2) is 0 Å². The zero-order valence-electron chi connectivity index (χ0n) is 6.62. The fourth-order valence-electron chi connectivity index (χ4n) is 2.80. The van der Waals surface area contributed by atoms with Gasteiger partial charge in [-0.3, -0.25) is 4.79 Å². The Morgan fingerprint density at radius 3 is 2.73 bits per heavy atom. The average Bonchev–Trinajstić information content (AvgIpc) is 2.46. The van der Waals surface area contributed by atoms with Crippen LogP contribution in [0.1, 0.15) is 25.7 Å². The molecular weight excluding hydrogens is 140 g/mol. The Hall–Kier alpha value is -0.370. The van der Waals surface area contributed by atoms with Crippen LogP contribution in [0.4, 0.5) is 0 Å². The number of Topliss-reactive ketones (excluding diaryl/α,β-unsaturated/α-hetero) is 1. The number of carbonyl (C=O) groups is 1. The summed E-state index contributed by atoms with van der Waals surface area (Å²) in [5.41, 5.74) is 0. The Bertz CT molecular complexity index is 176. The minimum atomic E-state index is 0.255. The molecule has 2 aliphatic rings. The third-order valence-corrected chi connectivity index (χ3v) is 3.31. The molecule has 2 bridgehead atoms. The molecule has 2 heteroatoms. The van der Waals surface area contributed by atoms with Crippen molar-refractivity contribution >= 4 is 5.78 Å².